The summed E-state index contributed by atoms with van der Waals surface area (Å²) in [5.74, 6) is 0. The first-order valence-corrected chi connectivity index (χ1v) is 1.97. The maximum Gasteiger partial charge on any atom is 1.00 e. The molecule has 0 N–H and O–H groups in total. The van der Waals surface area contributed by atoms with Crippen LogP contribution in [0.25, 0.3) is 0 Å². The van der Waals surface area contributed by atoms with Crippen molar-refractivity contribution in [1.29, 1.82) is 0 Å². The Balaban J connectivity index is -0.0000000800. The average molecular weight is 116 g/mol. The van der Waals surface area contributed by atoms with Crippen LogP contribution in [0, 0.1) is 0 Å². The summed E-state index contributed by atoms with van der Waals surface area (Å²) in [6.45, 7) is 1.82. The molecule has 0 amide bonds. The van der Waals surface area contributed by atoms with Crippen molar-refractivity contribution in [1.82, 2.24) is 0 Å². The molecule has 0 aromatic rings. The van der Waals surface area contributed by atoms with Gasteiger partial charge in [-0.3, -0.25) is 4.39 Å². The molecule has 0 saturated carbocycles. The van der Waals surface area contributed by atoms with E-state index in [2.05, 4.69) is 0 Å². The molecule has 0 radical (unpaired) electrons. The van der Waals surface area contributed by atoms with E-state index in [9.17, 15) is 4.39 Å². The number of halogens is 1. The molecule has 0 atom stereocenters. The SMILES string of the molecule is CCCCF.[H-].[K+]. The molecule has 0 unspecified atom stereocenters. The third-order valence-electron chi connectivity index (χ3n) is 0.487. The van der Waals surface area contributed by atoms with E-state index in [4.69, 9.17) is 0 Å². The Morgan fingerprint density at radius 1 is 1.67 bits per heavy atom. The summed E-state index contributed by atoms with van der Waals surface area (Å²) >= 11 is 0. The molecule has 0 spiro atoms. The summed E-state index contributed by atoms with van der Waals surface area (Å²) in [7, 11) is 0. The Labute approximate surface area is 82.4 Å². The second kappa shape index (κ2) is 9.76. The van der Waals surface area contributed by atoms with E-state index in [1.807, 2.05) is 6.92 Å². The molecule has 0 aliphatic rings. The van der Waals surface area contributed by atoms with Gasteiger partial charge in [0.2, 0.25) is 0 Å². The maximum atomic E-state index is 11.0. The fraction of sp³-hybridized carbons (Fsp3) is 1.00. The third kappa shape index (κ3) is 9.13. The molecule has 0 aliphatic carbocycles. The predicted octanol–water partition coefficient (Wildman–Crippen LogP) is -1.13. The first kappa shape index (κ1) is 10.5. The van der Waals surface area contributed by atoms with Crippen molar-refractivity contribution in [3.63, 3.8) is 0 Å². The Kier molecular flexibility index (Phi) is 17.1. The molecule has 0 nitrogen and oxygen atoms in total. The Bertz CT molecular complexity index is 19.2. The van der Waals surface area contributed by atoms with Gasteiger partial charge < -0.3 is 1.43 Å². The first-order valence-electron chi connectivity index (χ1n) is 1.97. The minimum Gasteiger partial charge on any atom is -1.00 e. The Hall–Kier alpha value is 1.57. The average Bonchev–Trinajstić information content (AvgIpc) is 1.41. The van der Waals surface area contributed by atoms with Gasteiger partial charge in [-0.15, -0.1) is 0 Å². The summed E-state index contributed by atoms with van der Waals surface area (Å²) in [6, 6.07) is 0. The zero-order valence-electron chi connectivity index (χ0n) is 5.50. The minimum atomic E-state index is -0.156. The molecule has 0 heterocycles. The minimum absolute atomic E-state index is 0. The van der Waals surface area contributed by atoms with Crippen LogP contribution in [0.1, 0.15) is 21.2 Å². The second-order valence-corrected chi connectivity index (χ2v) is 1.04. The van der Waals surface area contributed by atoms with Crippen LogP contribution < -0.4 is 51.4 Å². The van der Waals surface area contributed by atoms with E-state index >= 15 is 0 Å². The van der Waals surface area contributed by atoms with Crippen LogP contribution in [0.4, 0.5) is 4.39 Å². The van der Waals surface area contributed by atoms with Gasteiger partial charge >= 0.3 is 51.4 Å². The van der Waals surface area contributed by atoms with Gasteiger partial charge in [0.1, 0.15) is 0 Å². The summed E-state index contributed by atoms with van der Waals surface area (Å²) < 4.78 is 11.0. The van der Waals surface area contributed by atoms with Crippen molar-refractivity contribution >= 4 is 0 Å². The van der Waals surface area contributed by atoms with E-state index in [0.717, 1.165) is 12.8 Å². The van der Waals surface area contributed by atoms with Crippen LogP contribution in [0.3, 0.4) is 0 Å². The van der Waals surface area contributed by atoms with Gasteiger partial charge in [-0.05, 0) is 6.42 Å². The normalized spacial score (nSPS) is 7.00. The molecular formula is C4H10FK. The van der Waals surface area contributed by atoms with Gasteiger partial charge in [0.25, 0.3) is 0 Å². The van der Waals surface area contributed by atoms with Gasteiger partial charge in [-0.1, -0.05) is 13.3 Å². The molecular weight excluding hydrogens is 106 g/mol. The molecule has 0 fully saturated rings. The van der Waals surface area contributed by atoms with Crippen LogP contribution >= 0.6 is 0 Å². The quantitative estimate of drug-likeness (QED) is 0.401. The van der Waals surface area contributed by atoms with Crippen molar-refractivity contribution in [2.45, 2.75) is 19.8 Å². The van der Waals surface area contributed by atoms with Crippen LogP contribution in [0.15, 0.2) is 0 Å². The molecule has 0 aromatic carbocycles. The van der Waals surface area contributed by atoms with Gasteiger partial charge in [-0.2, -0.15) is 0 Å². The zero-order chi connectivity index (χ0) is 4.12. The van der Waals surface area contributed by atoms with E-state index in [1.165, 1.54) is 0 Å². The fourth-order valence-corrected chi connectivity index (χ4v) is 0.134. The number of hydrogen-bond donors (Lipinski definition) is 0. The number of rotatable bonds is 2. The van der Waals surface area contributed by atoms with Crippen LogP contribution in [0.2, 0.25) is 0 Å². The zero-order valence-corrected chi connectivity index (χ0v) is 7.62. The molecule has 0 aromatic heterocycles. The molecule has 0 aliphatic heterocycles. The number of alkyl halides is 1. The molecule has 34 valence electrons. The van der Waals surface area contributed by atoms with E-state index in [1.54, 1.807) is 0 Å². The van der Waals surface area contributed by atoms with Crippen molar-refractivity contribution in [3.05, 3.63) is 0 Å². The van der Waals surface area contributed by atoms with E-state index in [-0.39, 0.29) is 59.5 Å². The molecule has 0 saturated heterocycles. The van der Waals surface area contributed by atoms with Gasteiger partial charge in [0.05, 0.1) is 6.67 Å². The van der Waals surface area contributed by atoms with Crippen LogP contribution in [0.5, 0.6) is 0 Å². The summed E-state index contributed by atoms with van der Waals surface area (Å²) in [4.78, 5) is 0. The van der Waals surface area contributed by atoms with Gasteiger partial charge in [0, 0.05) is 0 Å². The topological polar surface area (TPSA) is 0 Å². The third-order valence-corrected chi connectivity index (χ3v) is 0.487. The summed E-state index contributed by atoms with van der Waals surface area (Å²) in [6.07, 6.45) is 1.69. The van der Waals surface area contributed by atoms with Gasteiger partial charge in [-0.25, -0.2) is 0 Å². The molecule has 0 bridgehead atoms. The monoisotopic (exact) mass is 116 g/mol. The molecule has 0 rings (SSSR count). The number of unbranched alkanes of at least 4 members (excludes halogenated alkanes) is 1. The van der Waals surface area contributed by atoms with Gasteiger partial charge in [0.15, 0.2) is 0 Å². The smallest absolute Gasteiger partial charge is 1.00 e. The van der Waals surface area contributed by atoms with E-state index in [0.29, 0.717) is 0 Å². The molecule has 6 heavy (non-hydrogen) atoms. The Morgan fingerprint density at radius 2 is 2.17 bits per heavy atom. The predicted molar refractivity (Wildman–Crippen MR) is 22.0 cm³/mol. The summed E-state index contributed by atoms with van der Waals surface area (Å²) in [5.41, 5.74) is 0. The van der Waals surface area contributed by atoms with Crippen molar-refractivity contribution in [3.8, 4) is 0 Å². The van der Waals surface area contributed by atoms with Crippen molar-refractivity contribution < 1.29 is 57.2 Å². The summed E-state index contributed by atoms with van der Waals surface area (Å²) in [5, 5.41) is 0. The van der Waals surface area contributed by atoms with Crippen LogP contribution in [-0.4, -0.2) is 6.67 Å². The second-order valence-electron chi connectivity index (χ2n) is 1.04. The largest absolute Gasteiger partial charge is 1.00 e. The van der Waals surface area contributed by atoms with Crippen molar-refractivity contribution in [2.24, 2.45) is 0 Å². The van der Waals surface area contributed by atoms with Crippen LogP contribution in [-0.2, 0) is 0 Å². The molecule has 2 heteroatoms. The van der Waals surface area contributed by atoms with E-state index < -0.39 is 0 Å². The number of hydrogen-bond acceptors (Lipinski definition) is 0. The fourth-order valence-electron chi connectivity index (χ4n) is 0.134. The standard InChI is InChI=1S/C4H9F.K.H/c1-2-3-4-5;;/h2-4H2,1H3;;/q;+1;-1. The Morgan fingerprint density at radius 3 is 2.17 bits per heavy atom. The maximum absolute atomic E-state index is 11.0. The van der Waals surface area contributed by atoms with Crippen molar-refractivity contribution in [2.75, 3.05) is 6.67 Å². The first-order chi connectivity index (χ1) is 2.41.